The Morgan fingerprint density at radius 1 is 1.29 bits per heavy atom. The number of hydrogen-bond donors (Lipinski definition) is 3. The highest BCUT2D eigenvalue weighted by molar-refractivity contribution is 4.84. The molecule has 3 N–H and O–H groups in total. The Balaban J connectivity index is 2.12. The molecule has 0 aliphatic carbocycles. The molecule has 1 aliphatic heterocycles. The molecule has 1 fully saturated rings. The lowest BCUT2D eigenvalue weighted by molar-refractivity contribution is -0.129. The fraction of sp³-hybridized carbons (Fsp3) is 1.00. The van der Waals surface area contributed by atoms with Gasteiger partial charge in [-0.25, -0.2) is 0 Å². The third-order valence-electron chi connectivity index (χ3n) is 2.89. The van der Waals surface area contributed by atoms with Crippen molar-refractivity contribution in [2.24, 2.45) is 0 Å². The summed E-state index contributed by atoms with van der Waals surface area (Å²) in [7, 11) is 0. The molecule has 0 aromatic carbocycles. The number of aliphatic hydroxyl groups excluding tert-OH is 1. The standard InChI is InChI=1S/C13H28N2O2/c1-12(2,3)14-9-7-6-8-10-11(16)17-13(4,5)15-10/h10-11,14-16H,6-9H2,1-5H3/t10-,11?/m1/s1. The van der Waals surface area contributed by atoms with Gasteiger partial charge in [-0.05, 0) is 54.0 Å². The molecular formula is C13H28N2O2. The van der Waals surface area contributed by atoms with E-state index in [-0.39, 0.29) is 11.6 Å². The van der Waals surface area contributed by atoms with Crippen molar-refractivity contribution in [3.8, 4) is 0 Å². The molecule has 0 amide bonds. The summed E-state index contributed by atoms with van der Waals surface area (Å²) >= 11 is 0. The number of ether oxygens (including phenoxy) is 1. The van der Waals surface area contributed by atoms with Crippen LogP contribution in [-0.2, 0) is 4.74 Å². The van der Waals surface area contributed by atoms with Crippen molar-refractivity contribution in [1.29, 1.82) is 0 Å². The van der Waals surface area contributed by atoms with Crippen LogP contribution in [0.25, 0.3) is 0 Å². The molecule has 4 heteroatoms. The first-order valence-corrected chi connectivity index (χ1v) is 6.58. The molecule has 17 heavy (non-hydrogen) atoms. The summed E-state index contributed by atoms with van der Waals surface area (Å²) in [5, 5.41) is 16.5. The van der Waals surface area contributed by atoms with Gasteiger partial charge in [-0.15, -0.1) is 0 Å². The van der Waals surface area contributed by atoms with Crippen LogP contribution in [0.3, 0.4) is 0 Å². The molecule has 0 saturated carbocycles. The largest absolute Gasteiger partial charge is 0.367 e. The number of unbranched alkanes of at least 4 members (excludes halogenated alkanes) is 1. The zero-order valence-corrected chi connectivity index (χ0v) is 11.8. The van der Waals surface area contributed by atoms with Crippen LogP contribution in [0, 0.1) is 0 Å². The van der Waals surface area contributed by atoms with E-state index >= 15 is 0 Å². The van der Waals surface area contributed by atoms with E-state index in [1.54, 1.807) is 0 Å². The smallest absolute Gasteiger partial charge is 0.172 e. The summed E-state index contributed by atoms with van der Waals surface area (Å²) in [6, 6.07) is 0.0691. The Bertz CT molecular complexity index is 236. The van der Waals surface area contributed by atoms with Gasteiger partial charge >= 0.3 is 0 Å². The van der Waals surface area contributed by atoms with Crippen LogP contribution in [0.1, 0.15) is 53.9 Å². The quantitative estimate of drug-likeness (QED) is 0.643. The van der Waals surface area contributed by atoms with Crippen molar-refractivity contribution in [2.75, 3.05) is 6.54 Å². The van der Waals surface area contributed by atoms with Gasteiger partial charge < -0.3 is 15.2 Å². The maximum Gasteiger partial charge on any atom is 0.172 e. The monoisotopic (exact) mass is 244 g/mol. The summed E-state index contributed by atoms with van der Waals surface area (Å²) in [6.07, 6.45) is 2.51. The first-order valence-electron chi connectivity index (χ1n) is 6.58. The predicted molar refractivity (Wildman–Crippen MR) is 69.7 cm³/mol. The van der Waals surface area contributed by atoms with E-state index in [0.717, 1.165) is 25.8 Å². The second-order valence-electron chi connectivity index (χ2n) is 6.44. The van der Waals surface area contributed by atoms with E-state index in [1.807, 2.05) is 13.8 Å². The molecule has 102 valence electrons. The van der Waals surface area contributed by atoms with E-state index in [2.05, 4.69) is 31.4 Å². The van der Waals surface area contributed by atoms with Crippen LogP contribution in [0.2, 0.25) is 0 Å². The van der Waals surface area contributed by atoms with E-state index in [1.165, 1.54) is 0 Å². The van der Waals surface area contributed by atoms with Crippen molar-refractivity contribution in [1.82, 2.24) is 10.6 Å². The minimum atomic E-state index is -0.666. The minimum absolute atomic E-state index is 0.0691. The summed E-state index contributed by atoms with van der Waals surface area (Å²) in [5.74, 6) is 0. The number of nitrogens with one attached hydrogen (secondary N) is 2. The van der Waals surface area contributed by atoms with Crippen molar-refractivity contribution in [3.63, 3.8) is 0 Å². The lowest BCUT2D eigenvalue weighted by atomic mass is 10.1. The molecular weight excluding hydrogens is 216 g/mol. The fourth-order valence-corrected chi connectivity index (χ4v) is 2.10. The summed E-state index contributed by atoms with van der Waals surface area (Å²) in [4.78, 5) is 0. The number of hydrogen-bond acceptors (Lipinski definition) is 4. The lowest BCUT2D eigenvalue weighted by Crippen LogP contribution is -2.39. The van der Waals surface area contributed by atoms with Gasteiger partial charge in [-0.3, -0.25) is 5.32 Å². The molecule has 1 heterocycles. The molecule has 4 nitrogen and oxygen atoms in total. The average molecular weight is 244 g/mol. The van der Waals surface area contributed by atoms with Crippen molar-refractivity contribution in [2.45, 2.75) is 77.5 Å². The Kier molecular flexibility index (Phi) is 4.95. The number of aliphatic hydroxyl groups is 1. The Morgan fingerprint density at radius 2 is 1.94 bits per heavy atom. The second-order valence-corrected chi connectivity index (χ2v) is 6.44. The third-order valence-corrected chi connectivity index (χ3v) is 2.89. The molecule has 2 atom stereocenters. The zero-order chi connectivity index (χ0) is 13.1. The van der Waals surface area contributed by atoms with Gasteiger partial charge in [0.2, 0.25) is 0 Å². The third kappa shape index (κ3) is 5.82. The molecule has 0 aromatic heterocycles. The first-order chi connectivity index (χ1) is 7.70. The van der Waals surface area contributed by atoms with Gasteiger partial charge in [0.15, 0.2) is 6.29 Å². The highest BCUT2D eigenvalue weighted by atomic mass is 16.6. The SMILES string of the molecule is CC(C)(C)NCCCC[C@H]1NC(C)(C)OC1O. The van der Waals surface area contributed by atoms with Crippen LogP contribution in [0.15, 0.2) is 0 Å². The van der Waals surface area contributed by atoms with Gasteiger partial charge in [-0.1, -0.05) is 6.42 Å². The van der Waals surface area contributed by atoms with Gasteiger partial charge in [0.05, 0.1) is 6.04 Å². The summed E-state index contributed by atoms with van der Waals surface area (Å²) < 4.78 is 5.40. The highest BCUT2D eigenvalue weighted by Gasteiger charge is 2.37. The summed E-state index contributed by atoms with van der Waals surface area (Å²) in [6.45, 7) is 11.4. The van der Waals surface area contributed by atoms with Crippen LogP contribution in [-0.4, -0.2) is 35.2 Å². The highest BCUT2D eigenvalue weighted by Crippen LogP contribution is 2.22. The molecule has 1 saturated heterocycles. The Labute approximate surface area is 105 Å². The van der Waals surface area contributed by atoms with Crippen LogP contribution in [0.4, 0.5) is 0 Å². The molecule has 1 aliphatic rings. The van der Waals surface area contributed by atoms with E-state index in [9.17, 15) is 5.11 Å². The van der Waals surface area contributed by atoms with E-state index in [0.29, 0.717) is 0 Å². The van der Waals surface area contributed by atoms with Crippen LogP contribution in [0.5, 0.6) is 0 Å². The maximum absolute atomic E-state index is 9.71. The molecule has 0 bridgehead atoms. The van der Waals surface area contributed by atoms with Gasteiger partial charge in [0.25, 0.3) is 0 Å². The molecule has 0 aromatic rings. The average Bonchev–Trinajstić information content (AvgIpc) is 2.37. The van der Waals surface area contributed by atoms with Gasteiger partial charge in [0.1, 0.15) is 5.72 Å². The first kappa shape index (κ1) is 14.9. The fourth-order valence-electron chi connectivity index (χ4n) is 2.10. The molecule has 1 rings (SSSR count). The molecule has 1 unspecified atom stereocenters. The van der Waals surface area contributed by atoms with Crippen molar-refractivity contribution >= 4 is 0 Å². The minimum Gasteiger partial charge on any atom is -0.367 e. The van der Waals surface area contributed by atoms with Crippen molar-refractivity contribution in [3.05, 3.63) is 0 Å². The second kappa shape index (κ2) is 5.65. The Morgan fingerprint density at radius 3 is 2.41 bits per heavy atom. The summed E-state index contributed by atoms with van der Waals surface area (Å²) in [5.41, 5.74) is -0.204. The molecule has 0 spiro atoms. The lowest BCUT2D eigenvalue weighted by Gasteiger charge is -2.21. The topological polar surface area (TPSA) is 53.5 Å². The molecule has 0 radical (unpaired) electrons. The Hall–Kier alpha value is -0.160. The van der Waals surface area contributed by atoms with Crippen LogP contribution < -0.4 is 10.6 Å². The zero-order valence-electron chi connectivity index (χ0n) is 11.8. The van der Waals surface area contributed by atoms with E-state index < -0.39 is 12.0 Å². The van der Waals surface area contributed by atoms with Gasteiger partial charge in [-0.2, -0.15) is 0 Å². The number of rotatable bonds is 5. The predicted octanol–water partition coefficient (Wildman–Crippen LogP) is 1.59. The van der Waals surface area contributed by atoms with E-state index in [4.69, 9.17) is 4.74 Å². The van der Waals surface area contributed by atoms with Gasteiger partial charge in [0, 0.05) is 5.54 Å². The normalized spacial score (nSPS) is 28.6. The van der Waals surface area contributed by atoms with Crippen LogP contribution >= 0.6 is 0 Å². The maximum atomic E-state index is 9.71. The van der Waals surface area contributed by atoms with Crippen molar-refractivity contribution < 1.29 is 9.84 Å².